The minimum absolute atomic E-state index is 0.0114. The highest BCUT2D eigenvalue weighted by Gasteiger charge is 2.22. The first-order valence-corrected chi connectivity index (χ1v) is 11.8. The lowest BCUT2D eigenvalue weighted by Crippen LogP contribution is -2.24. The number of aromatic nitrogens is 3. The first kappa shape index (κ1) is 22.8. The van der Waals surface area contributed by atoms with Gasteiger partial charge in [-0.2, -0.15) is 0 Å². The van der Waals surface area contributed by atoms with Crippen molar-refractivity contribution in [2.24, 2.45) is 0 Å². The summed E-state index contributed by atoms with van der Waals surface area (Å²) in [6.45, 7) is 9.43. The van der Waals surface area contributed by atoms with E-state index in [-0.39, 0.29) is 18.2 Å². The number of ether oxygens (including phenoxy) is 1. The third-order valence-corrected chi connectivity index (χ3v) is 6.42. The standard InChI is InChI=1S/C24H27N5O3S/c1-15-11-16(2)22(17(3)12-15)29(18(4)30)24-25-19(14-33-24)13-32-23(31)20-7-8-21(27-26-20)28-9-5-6-10-28/h7-8,11-12,14H,5-6,9-10,13H2,1-4H3. The highest BCUT2D eigenvalue weighted by molar-refractivity contribution is 7.14. The highest BCUT2D eigenvalue weighted by Crippen LogP contribution is 2.34. The number of hydrogen-bond acceptors (Lipinski definition) is 8. The molecule has 8 nitrogen and oxygen atoms in total. The SMILES string of the molecule is CC(=O)N(c1nc(COC(=O)c2ccc(N3CCCC3)nn2)cs1)c1c(C)cc(C)cc1C. The molecule has 3 aromatic rings. The van der Waals surface area contributed by atoms with Crippen LogP contribution in [0.4, 0.5) is 16.6 Å². The van der Waals surface area contributed by atoms with Crippen molar-refractivity contribution < 1.29 is 14.3 Å². The van der Waals surface area contributed by atoms with Crippen LogP contribution in [-0.2, 0) is 16.1 Å². The molecule has 1 aliphatic heterocycles. The predicted molar refractivity (Wildman–Crippen MR) is 128 cm³/mol. The summed E-state index contributed by atoms with van der Waals surface area (Å²) in [5.41, 5.74) is 4.70. The third kappa shape index (κ3) is 5.03. The molecule has 9 heteroatoms. The van der Waals surface area contributed by atoms with Crippen LogP contribution in [0.15, 0.2) is 29.6 Å². The van der Waals surface area contributed by atoms with Gasteiger partial charge in [0, 0.05) is 25.4 Å². The summed E-state index contributed by atoms with van der Waals surface area (Å²) in [5, 5.41) is 10.5. The zero-order valence-corrected chi connectivity index (χ0v) is 20.1. The van der Waals surface area contributed by atoms with Crippen LogP contribution < -0.4 is 9.80 Å². The Balaban J connectivity index is 1.44. The van der Waals surface area contributed by atoms with Crippen molar-refractivity contribution in [1.82, 2.24) is 15.2 Å². The van der Waals surface area contributed by atoms with Gasteiger partial charge >= 0.3 is 5.97 Å². The van der Waals surface area contributed by atoms with Crippen molar-refractivity contribution in [2.45, 2.75) is 47.1 Å². The van der Waals surface area contributed by atoms with Gasteiger partial charge in [0.05, 0.1) is 11.4 Å². The van der Waals surface area contributed by atoms with Gasteiger partial charge in [0.25, 0.3) is 0 Å². The smallest absolute Gasteiger partial charge is 0.359 e. The Kier molecular flexibility index (Phi) is 6.69. The fourth-order valence-corrected chi connectivity index (χ4v) is 5.00. The second kappa shape index (κ2) is 9.66. The third-order valence-electron chi connectivity index (χ3n) is 5.55. The van der Waals surface area contributed by atoms with Crippen molar-refractivity contribution in [3.63, 3.8) is 0 Å². The maximum absolute atomic E-state index is 12.5. The van der Waals surface area contributed by atoms with Crippen LogP contribution in [0.1, 0.15) is 52.6 Å². The van der Waals surface area contributed by atoms with Gasteiger partial charge in [-0.15, -0.1) is 21.5 Å². The fourth-order valence-electron chi connectivity index (χ4n) is 4.14. The summed E-state index contributed by atoms with van der Waals surface area (Å²) < 4.78 is 5.39. The lowest BCUT2D eigenvalue weighted by Gasteiger charge is -2.23. The summed E-state index contributed by atoms with van der Waals surface area (Å²) in [5.74, 6) is 0.0918. The Bertz CT molecular complexity index is 1150. The van der Waals surface area contributed by atoms with E-state index in [9.17, 15) is 9.59 Å². The Morgan fingerprint density at radius 2 is 1.79 bits per heavy atom. The molecule has 0 bridgehead atoms. The van der Waals surface area contributed by atoms with E-state index in [2.05, 4.69) is 20.1 Å². The molecule has 0 unspecified atom stereocenters. The molecule has 1 amide bonds. The van der Waals surface area contributed by atoms with Crippen molar-refractivity contribution in [3.05, 3.63) is 57.7 Å². The molecule has 2 aromatic heterocycles. The fraction of sp³-hybridized carbons (Fsp3) is 0.375. The van der Waals surface area contributed by atoms with Crippen LogP contribution in [0, 0.1) is 20.8 Å². The van der Waals surface area contributed by atoms with Gasteiger partial charge in [0.15, 0.2) is 16.6 Å². The normalized spacial score (nSPS) is 13.3. The van der Waals surface area contributed by atoms with Gasteiger partial charge in [-0.1, -0.05) is 17.7 Å². The molecule has 1 aliphatic rings. The molecule has 0 aliphatic carbocycles. The molecule has 1 aromatic carbocycles. The summed E-state index contributed by atoms with van der Waals surface area (Å²) in [7, 11) is 0. The number of nitrogens with zero attached hydrogens (tertiary/aromatic N) is 5. The number of hydrogen-bond donors (Lipinski definition) is 0. The van der Waals surface area contributed by atoms with Gasteiger partial charge in [-0.25, -0.2) is 9.78 Å². The van der Waals surface area contributed by atoms with Crippen molar-refractivity contribution in [2.75, 3.05) is 22.9 Å². The molecule has 0 radical (unpaired) electrons. The average molecular weight is 466 g/mol. The van der Waals surface area contributed by atoms with E-state index in [1.807, 2.05) is 32.9 Å². The number of aryl methyl sites for hydroxylation is 3. The van der Waals surface area contributed by atoms with Crippen LogP contribution in [0.3, 0.4) is 0 Å². The Hall–Kier alpha value is -3.33. The van der Waals surface area contributed by atoms with E-state index in [1.54, 1.807) is 22.4 Å². The number of thiazole rings is 1. The van der Waals surface area contributed by atoms with Crippen LogP contribution in [0.5, 0.6) is 0 Å². The quantitative estimate of drug-likeness (QED) is 0.495. The molecule has 0 N–H and O–H groups in total. The zero-order chi connectivity index (χ0) is 23.5. The molecule has 0 atom stereocenters. The predicted octanol–water partition coefficient (Wildman–Crippen LogP) is 4.50. The summed E-state index contributed by atoms with van der Waals surface area (Å²) >= 11 is 1.34. The van der Waals surface area contributed by atoms with Crippen LogP contribution in [0.25, 0.3) is 0 Å². The average Bonchev–Trinajstić information content (AvgIpc) is 3.46. The van der Waals surface area contributed by atoms with E-state index in [4.69, 9.17) is 4.74 Å². The van der Waals surface area contributed by atoms with E-state index in [0.717, 1.165) is 54.1 Å². The largest absolute Gasteiger partial charge is 0.454 e. The summed E-state index contributed by atoms with van der Waals surface area (Å²) in [6, 6.07) is 7.53. The van der Waals surface area contributed by atoms with Gasteiger partial charge in [-0.3, -0.25) is 9.69 Å². The molecule has 4 rings (SSSR count). The Labute approximate surface area is 197 Å². The molecule has 1 saturated heterocycles. The molecular weight excluding hydrogens is 438 g/mol. The Morgan fingerprint density at radius 1 is 1.09 bits per heavy atom. The lowest BCUT2D eigenvalue weighted by atomic mass is 10.0. The minimum Gasteiger partial charge on any atom is -0.454 e. The zero-order valence-electron chi connectivity index (χ0n) is 19.3. The summed E-state index contributed by atoms with van der Waals surface area (Å²) in [4.78, 5) is 33.2. The van der Waals surface area contributed by atoms with Crippen LogP contribution in [0.2, 0.25) is 0 Å². The lowest BCUT2D eigenvalue weighted by molar-refractivity contribution is -0.115. The van der Waals surface area contributed by atoms with Gasteiger partial charge in [-0.05, 0) is 56.9 Å². The van der Waals surface area contributed by atoms with E-state index < -0.39 is 5.97 Å². The monoisotopic (exact) mass is 465 g/mol. The maximum atomic E-state index is 12.5. The van der Waals surface area contributed by atoms with E-state index >= 15 is 0 Å². The van der Waals surface area contributed by atoms with Gasteiger partial charge in [0.1, 0.15) is 6.61 Å². The van der Waals surface area contributed by atoms with Gasteiger partial charge in [0.2, 0.25) is 5.91 Å². The van der Waals surface area contributed by atoms with Crippen LogP contribution >= 0.6 is 11.3 Å². The number of amides is 1. The second-order valence-corrected chi connectivity index (χ2v) is 9.11. The first-order valence-electron chi connectivity index (χ1n) is 10.9. The molecular formula is C24H27N5O3S. The molecule has 0 saturated carbocycles. The number of carbonyl (C=O) groups excluding carboxylic acids is 2. The second-order valence-electron chi connectivity index (χ2n) is 8.27. The van der Waals surface area contributed by atoms with Gasteiger partial charge < -0.3 is 9.64 Å². The molecule has 172 valence electrons. The van der Waals surface area contributed by atoms with Crippen LogP contribution in [-0.4, -0.2) is 40.1 Å². The van der Waals surface area contributed by atoms with E-state index in [0.29, 0.717) is 10.8 Å². The summed E-state index contributed by atoms with van der Waals surface area (Å²) in [6.07, 6.45) is 2.29. The minimum atomic E-state index is -0.557. The molecule has 3 heterocycles. The Morgan fingerprint density at radius 3 is 2.39 bits per heavy atom. The maximum Gasteiger partial charge on any atom is 0.359 e. The first-order chi connectivity index (χ1) is 15.8. The van der Waals surface area contributed by atoms with Crippen molar-refractivity contribution in [3.8, 4) is 0 Å². The number of rotatable bonds is 6. The molecule has 33 heavy (non-hydrogen) atoms. The number of carbonyl (C=O) groups is 2. The number of esters is 1. The molecule has 1 fully saturated rings. The van der Waals surface area contributed by atoms with E-state index in [1.165, 1.54) is 18.3 Å². The highest BCUT2D eigenvalue weighted by atomic mass is 32.1. The van der Waals surface area contributed by atoms with Crippen molar-refractivity contribution in [1.29, 1.82) is 0 Å². The molecule has 0 spiro atoms. The van der Waals surface area contributed by atoms with Crippen molar-refractivity contribution >= 4 is 39.9 Å². The number of benzene rings is 1. The number of anilines is 3. The topological polar surface area (TPSA) is 88.5 Å².